The van der Waals surface area contributed by atoms with Gasteiger partial charge >= 0.3 is 5.97 Å². The van der Waals surface area contributed by atoms with E-state index in [-0.39, 0.29) is 22.0 Å². The first kappa shape index (κ1) is 17.7. The van der Waals surface area contributed by atoms with Crippen molar-refractivity contribution in [2.24, 2.45) is 0 Å². The Kier molecular flexibility index (Phi) is 5.35. The average Bonchev–Trinajstić information content (AvgIpc) is 2.52. The van der Waals surface area contributed by atoms with Gasteiger partial charge in [0.25, 0.3) is 5.91 Å². The number of ether oxygens (including phenoxy) is 1. The van der Waals surface area contributed by atoms with Crippen LogP contribution in [0.25, 0.3) is 0 Å². The first-order valence-electron chi connectivity index (χ1n) is 6.73. The summed E-state index contributed by atoms with van der Waals surface area (Å²) < 4.78 is 31.2. The van der Waals surface area contributed by atoms with Crippen molar-refractivity contribution in [1.82, 2.24) is 0 Å². The first-order valence-corrected chi connectivity index (χ1v) is 7.11. The molecule has 1 unspecified atom stereocenters. The van der Waals surface area contributed by atoms with Crippen LogP contribution in [0.4, 0.5) is 14.5 Å². The highest BCUT2D eigenvalue weighted by Crippen LogP contribution is 2.23. The van der Waals surface area contributed by atoms with Crippen molar-refractivity contribution in [1.29, 1.82) is 0 Å². The molecule has 0 aliphatic heterocycles. The van der Waals surface area contributed by atoms with Gasteiger partial charge in [-0.1, -0.05) is 11.6 Å². The van der Waals surface area contributed by atoms with Crippen molar-refractivity contribution < 1.29 is 28.2 Å². The van der Waals surface area contributed by atoms with Crippen LogP contribution in [0.15, 0.2) is 36.4 Å². The predicted molar refractivity (Wildman–Crippen MR) is 83.0 cm³/mol. The van der Waals surface area contributed by atoms with Crippen molar-refractivity contribution in [3.63, 3.8) is 0 Å². The maximum absolute atomic E-state index is 13.5. The number of esters is 1. The van der Waals surface area contributed by atoms with Gasteiger partial charge < -0.3 is 15.2 Å². The maximum atomic E-state index is 13.5. The molecule has 0 saturated carbocycles. The van der Waals surface area contributed by atoms with Crippen LogP contribution < -0.4 is 5.32 Å². The second-order valence-corrected chi connectivity index (χ2v) is 5.26. The van der Waals surface area contributed by atoms with Crippen LogP contribution in [0.1, 0.15) is 17.3 Å². The van der Waals surface area contributed by atoms with E-state index in [2.05, 4.69) is 5.32 Å². The van der Waals surface area contributed by atoms with E-state index in [0.29, 0.717) is 6.07 Å². The van der Waals surface area contributed by atoms with Gasteiger partial charge in [0.15, 0.2) is 6.10 Å². The highest BCUT2D eigenvalue weighted by atomic mass is 35.5. The number of benzene rings is 2. The summed E-state index contributed by atoms with van der Waals surface area (Å²) in [6.07, 6.45) is -1.29. The Balaban J connectivity index is 2.05. The molecule has 0 saturated heterocycles. The minimum atomic E-state index is -1.29. The monoisotopic (exact) mass is 355 g/mol. The summed E-state index contributed by atoms with van der Waals surface area (Å²) in [6.45, 7) is 1.26. The lowest BCUT2D eigenvalue weighted by Gasteiger charge is -2.14. The molecule has 2 N–H and O–H groups in total. The number of amides is 1. The zero-order valence-corrected chi connectivity index (χ0v) is 13.1. The highest BCUT2D eigenvalue weighted by molar-refractivity contribution is 6.31. The quantitative estimate of drug-likeness (QED) is 0.823. The lowest BCUT2D eigenvalue weighted by molar-refractivity contribution is -0.123. The van der Waals surface area contributed by atoms with Crippen LogP contribution in [0.2, 0.25) is 5.02 Å². The van der Waals surface area contributed by atoms with Crippen molar-refractivity contribution in [3.8, 4) is 5.75 Å². The molecule has 2 rings (SSSR count). The summed E-state index contributed by atoms with van der Waals surface area (Å²) >= 11 is 5.73. The highest BCUT2D eigenvalue weighted by Gasteiger charge is 2.22. The van der Waals surface area contributed by atoms with Crippen LogP contribution in [0, 0.1) is 11.6 Å². The van der Waals surface area contributed by atoms with Gasteiger partial charge in [-0.15, -0.1) is 0 Å². The molecule has 0 aliphatic carbocycles. The van der Waals surface area contributed by atoms with Gasteiger partial charge in [0.1, 0.15) is 22.9 Å². The minimum absolute atomic E-state index is 0.199. The molecule has 0 spiro atoms. The third-order valence-corrected chi connectivity index (χ3v) is 3.26. The fourth-order valence-corrected chi connectivity index (χ4v) is 1.95. The van der Waals surface area contributed by atoms with Gasteiger partial charge in [-0.25, -0.2) is 13.6 Å². The number of carbonyl (C=O) groups is 2. The zero-order chi connectivity index (χ0) is 17.9. The van der Waals surface area contributed by atoms with Crippen molar-refractivity contribution in [3.05, 3.63) is 58.6 Å². The Labute approximate surface area is 140 Å². The van der Waals surface area contributed by atoms with Crippen molar-refractivity contribution in [2.75, 3.05) is 5.32 Å². The second kappa shape index (κ2) is 7.27. The summed E-state index contributed by atoms with van der Waals surface area (Å²) in [5, 5.41) is 12.0. The molecule has 0 fully saturated rings. The number of phenolic OH excluding ortho intramolecular Hbond substituents is 1. The normalized spacial score (nSPS) is 11.7. The smallest absolute Gasteiger partial charge is 0.342 e. The first-order chi connectivity index (χ1) is 11.3. The standard InChI is InChI=1S/C16H12ClF2NO4/c1-8(15(22)20-13-4-3-10(18)7-12(13)19)24-16(23)11-6-9(17)2-5-14(11)21/h2-8,21H,1H3,(H,20,22). The fraction of sp³-hybridized carbons (Fsp3) is 0.125. The Hall–Kier alpha value is -2.67. The molecule has 0 aromatic heterocycles. The molecule has 24 heavy (non-hydrogen) atoms. The molecule has 0 radical (unpaired) electrons. The molecule has 1 amide bonds. The number of nitrogens with one attached hydrogen (secondary N) is 1. The number of anilines is 1. The summed E-state index contributed by atoms with van der Waals surface area (Å²) in [7, 11) is 0. The molecule has 8 heteroatoms. The molecule has 0 heterocycles. The van der Waals surface area contributed by atoms with Gasteiger partial charge in [0.05, 0.1) is 5.69 Å². The maximum Gasteiger partial charge on any atom is 0.342 e. The van der Waals surface area contributed by atoms with E-state index in [9.17, 15) is 23.5 Å². The van der Waals surface area contributed by atoms with Gasteiger partial charge in [-0.05, 0) is 37.3 Å². The largest absolute Gasteiger partial charge is 0.507 e. The number of halogens is 3. The zero-order valence-electron chi connectivity index (χ0n) is 12.3. The van der Waals surface area contributed by atoms with Crippen LogP contribution in [-0.2, 0) is 9.53 Å². The van der Waals surface area contributed by atoms with E-state index >= 15 is 0 Å². The molecule has 0 aliphatic rings. The van der Waals surface area contributed by atoms with Gasteiger partial charge in [0, 0.05) is 11.1 Å². The Bertz CT molecular complexity index is 798. The third kappa shape index (κ3) is 4.20. The number of hydrogen-bond acceptors (Lipinski definition) is 4. The van der Waals surface area contributed by atoms with Crippen molar-refractivity contribution >= 4 is 29.2 Å². The number of phenols is 1. The minimum Gasteiger partial charge on any atom is -0.507 e. The van der Waals surface area contributed by atoms with E-state index < -0.39 is 29.6 Å². The topological polar surface area (TPSA) is 75.6 Å². The molecular formula is C16H12ClF2NO4. The van der Waals surface area contributed by atoms with Gasteiger partial charge in [-0.2, -0.15) is 0 Å². The Morgan fingerprint density at radius 3 is 2.58 bits per heavy atom. The van der Waals surface area contributed by atoms with Crippen LogP contribution in [0.5, 0.6) is 5.75 Å². The molecule has 2 aromatic carbocycles. The summed E-state index contributed by atoms with van der Waals surface area (Å²) in [5.41, 5.74) is -0.468. The van der Waals surface area contributed by atoms with E-state index in [1.165, 1.54) is 25.1 Å². The molecule has 2 aromatic rings. The SMILES string of the molecule is CC(OC(=O)c1cc(Cl)ccc1O)C(=O)Nc1ccc(F)cc1F. The molecule has 1 atom stereocenters. The van der Waals surface area contributed by atoms with Crippen LogP contribution in [-0.4, -0.2) is 23.1 Å². The molecule has 5 nitrogen and oxygen atoms in total. The number of carbonyl (C=O) groups excluding carboxylic acids is 2. The lowest BCUT2D eigenvalue weighted by atomic mass is 10.2. The Morgan fingerprint density at radius 1 is 1.21 bits per heavy atom. The lowest BCUT2D eigenvalue weighted by Crippen LogP contribution is -2.30. The predicted octanol–water partition coefficient (Wildman–Crippen LogP) is 3.51. The van der Waals surface area contributed by atoms with Crippen LogP contribution in [0.3, 0.4) is 0 Å². The molecule has 0 bridgehead atoms. The average molecular weight is 356 g/mol. The van der Waals surface area contributed by atoms with Gasteiger partial charge in [-0.3, -0.25) is 4.79 Å². The number of aromatic hydroxyl groups is 1. The summed E-state index contributed by atoms with van der Waals surface area (Å²) in [5.74, 6) is -3.91. The summed E-state index contributed by atoms with van der Waals surface area (Å²) in [6, 6.07) is 6.39. The number of rotatable bonds is 4. The van der Waals surface area contributed by atoms with E-state index in [0.717, 1.165) is 12.1 Å². The summed E-state index contributed by atoms with van der Waals surface area (Å²) in [4.78, 5) is 23.9. The van der Waals surface area contributed by atoms with E-state index in [1.807, 2.05) is 0 Å². The second-order valence-electron chi connectivity index (χ2n) is 4.82. The molecule has 126 valence electrons. The fourth-order valence-electron chi connectivity index (χ4n) is 1.77. The third-order valence-electron chi connectivity index (χ3n) is 3.02. The van der Waals surface area contributed by atoms with E-state index in [4.69, 9.17) is 16.3 Å². The van der Waals surface area contributed by atoms with E-state index in [1.54, 1.807) is 0 Å². The van der Waals surface area contributed by atoms with Gasteiger partial charge in [0.2, 0.25) is 0 Å². The van der Waals surface area contributed by atoms with Crippen molar-refractivity contribution in [2.45, 2.75) is 13.0 Å². The number of hydrogen-bond donors (Lipinski definition) is 2. The Morgan fingerprint density at radius 2 is 1.92 bits per heavy atom. The van der Waals surface area contributed by atoms with Crippen LogP contribution >= 0.6 is 11.6 Å². The molecular weight excluding hydrogens is 344 g/mol.